The van der Waals surface area contributed by atoms with Gasteiger partial charge in [-0.3, -0.25) is 9.36 Å². The number of nitrogens with two attached hydrogens (primary N) is 1. The Kier molecular flexibility index (Phi) is 9.21. The highest BCUT2D eigenvalue weighted by Crippen LogP contribution is 2.41. The zero-order valence-electron chi connectivity index (χ0n) is 18.9. The van der Waals surface area contributed by atoms with Gasteiger partial charge in [0.25, 0.3) is 0 Å². The molecule has 1 aromatic rings. The summed E-state index contributed by atoms with van der Waals surface area (Å²) >= 11 is 0. The molecule has 0 saturated carbocycles. The van der Waals surface area contributed by atoms with Crippen molar-refractivity contribution in [3.63, 3.8) is 0 Å². The SMILES string of the molecule is CC(=O)N[C@@H]1C=C/C(=C\OP(=O)([O-])OC[C@H]2O[C@@H](c3cc(N)nc(=O)[nH]3)[C@H](O)[C@@H]2O)O[C@H]1OCCO. The number of nitrogens with one attached hydrogen (secondary N) is 2. The number of hydrogen-bond donors (Lipinski definition) is 6. The maximum atomic E-state index is 12.2. The number of anilines is 1. The molecule has 1 saturated heterocycles. The van der Waals surface area contributed by atoms with Crippen LogP contribution in [-0.2, 0) is 32.6 Å². The number of aliphatic hydroxyl groups excluding tert-OH is 3. The van der Waals surface area contributed by atoms with Crippen LogP contribution < -0.4 is 21.6 Å². The van der Waals surface area contributed by atoms with E-state index in [4.69, 9.17) is 29.6 Å². The molecule has 0 bridgehead atoms. The Balaban J connectivity index is 1.59. The second kappa shape index (κ2) is 11.9. The highest BCUT2D eigenvalue weighted by atomic mass is 31.2. The first-order valence-corrected chi connectivity index (χ1v) is 12.0. The molecule has 0 aliphatic carbocycles. The van der Waals surface area contributed by atoms with Crippen molar-refractivity contribution in [2.75, 3.05) is 25.6 Å². The molecule has 1 unspecified atom stereocenters. The fourth-order valence-corrected chi connectivity index (χ4v) is 3.99. The van der Waals surface area contributed by atoms with Crippen LogP contribution in [0.5, 0.6) is 0 Å². The van der Waals surface area contributed by atoms with Gasteiger partial charge in [0.1, 0.15) is 42.5 Å². The summed E-state index contributed by atoms with van der Waals surface area (Å²) in [5, 5.41) is 32.0. The molecule has 3 heterocycles. The molecule has 0 spiro atoms. The molecule has 2 aliphatic rings. The van der Waals surface area contributed by atoms with Crippen LogP contribution in [0.1, 0.15) is 18.7 Å². The van der Waals surface area contributed by atoms with Gasteiger partial charge in [-0.1, -0.05) is 6.08 Å². The van der Waals surface area contributed by atoms with Gasteiger partial charge >= 0.3 is 13.5 Å². The first-order chi connectivity index (χ1) is 17.0. The van der Waals surface area contributed by atoms with Crippen molar-refractivity contribution >= 4 is 19.5 Å². The third-order valence-corrected chi connectivity index (χ3v) is 5.73. The van der Waals surface area contributed by atoms with Crippen LogP contribution >= 0.6 is 7.82 Å². The van der Waals surface area contributed by atoms with Crippen LogP contribution in [0.4, 0.5) is 5.82 Å². The van der Waals surface area contributed by atoms with E-state index in [2.05, 4.69) is 19.8 Å². The van der Waals surface area contributed by atoms with Gasteiger partial charge in [-0.2, -0.15) is 4.98 Å². The van der Waals surface area contributed by atoms with Crippen LogP contribution in [0, 0.1) is 0 Å². The zero-order chi connectivity index (χ0) is 26.5. The third kappa shape index (κ3) is 7.35. The molecule has 1 aromatic heterocycles. The summed E-state index contributed by atoms with van der Waals surface area (Å²) in [6, 6.07) is 0.526. The quantitative estimate of drug-likeness (QED) is 0.132. The highest BCUT2D eigenvalue weighted by Gasteiger charge is 2.44. The minimum atomic E-state index is -5.00. The molecule has 3 rings (SSSR count). The number of phosphoric ester groups is 1. The number of carbonyl (C=O) groups is 1. The molecule has 1 fully saturated rings. The van der Waals surface area contributed by atoms with E-state index >= 15 is 0 Å². The molecule has 7 N–H and O–H groups in total. The van der Waals surface area contributed by atoms with Gasteiger partial charge in [0, 0.05) is 13.0 Å². The molecular formula is C19H26N4O12P-. The number of nitrogens with zero attached hydrogens (tertiary/aromatic N) is 1. The lowest BCUT2D eigenvalue weighted by Gasteiger charge is -2.30. The van der Waals surface area contributed by atoms with E-state index in [0.29, 0.717) is 0 Å². The number of allylic oxidation sites excluding steroid dienone is 1. The number of aromatic nitrogens is 2. The summed E-state index contributed by atoms with van der Waals surface area (Å²) in [5.74, 6) is -0.601. The van der Waals surface area contributed by atoms with Gasteiger partial charge in [0.05, 0.1) is 25.5 Å². The van der Waals surface area contributed by atoms with Crippen molar-refractivity contribution in [3.05, 3.63) is 46.4 Å². The number of amides is 1. The largest absolute Gasteiger partial charge is 0.746 e. The van der Waals surface area contributed by atoms with E-state index in [0.717, 1.165) is 6.26 Å². The average molecular weight is 533 g/mol. The molecule has 7 atom stereocenters. The van der Waals surface area contributed by atoms with Crippen molar-refractivity contribution in [3.8, 4) is 0 Å². The molecular weight excluding hydrogens is 507 g/mol. The number of H-pyrrole nitrogens is 1. The summed E-state index contributed by atoms with van der Waals surface area (Å²) in [6.07, 6.45) is -3.18. The summed E-state index contributed by atoms with van der Waals surface area (Å²) in [5.41, 5.74) is 4.74. The molecule has 200 valence electrons. The van der Waals surface area contributed by atoms with E-state index in [-0.39, 0.29) is 36.4 Å². The van der Waals surface area contributed by atoms with Crippen molar-refractivity contribution in [1.82, 2.24) is 15.3 Å². The van der Waals surface area contributed by atoms with Gasteiger partial charge in [0.15, 0.2) is 5.76 Å². The van der Waals surface area contributed by atoms with Gasteiger partial charge in [0.2, 0.25) is 12.2 Å². The Morgan fingerprint density at radius 3 is 2.83 bits per heavy atom. The van der Waals surface area contributed by atoms with Gasteiger partial charge in [-0.25, -0.2) is 4.79 Å². The number of aromatic amines is 1. The number of aliphatic hydroxyl groups is 3. The number of carbonyl (C=O) groups excluding carboxylic acids is 1. The van der Waals surface area contributed by atoms with E-state index in [1.807, 2.05) is 0 Å². The first-order valence-electron chi connectivity index (χ1n) is 10.6. The molecule has 17 heteroatoms. The van der Waals surface area contributed by atoms with Crippen LogP contribution in [-0.4, -0.2) is 81.7 Å². The van der Waals surface area contributed by atoms with E-state index in [9.17, 15) is 29.3 Å². The van der Waals surface area contributed by atoms with E-state index in [1.165, 1.54) is 25.1 Å². The Bertz CT molecular complexity index is 1090. The van der Waals surface area contributed by atoms with Crippen LogP contribution in [0.3, 0.4) is 0 Å². The maximum Gasteiger partial charge on any atom is 0.347 e. The highest BCUT2D eigenvalue weighted by molar-refractivity contribution is 7.46. The maximum absolute atomic E-state index is 12.2. The number of ether oxygens (including phenoxy) is 3. The van der Waals surface area contributed by atoms with Crippen LogP contribution in [0.2, 0.25) is 0 Å². The monoisotopic (exact) mass is 533 g/mol. The van der Waals surface area contributed by atoms with Crippen molar-refractivity contribution in [1.29, 1.82) is 0 Å². The van der Waals surface area contributed by atoms with E-state index in [1.54, 1.807) is 0 Å². The predicted molar refractivity (Wildman–Crippen MR) is 116 cm³/mol. The topological polar surface area (TPSA) is 248 Å². The normalized spacial score (nSPS) is 30.5. The van der Waals surface area contributed by atoms with Gasteiger partial charge < -0.3 is 59.5 Å². The Morgan fingerprint density at radius 1 is 1.42 bits per heavy atom. The smallest absolute Gasteiger partial charge is 0.347 e. The Hall–Kier alpha value is -2.82. The number of phosphoric acid groups is 1. The third-order valence-electron chi connectivity index (χ3n) is 4.91. The second-order valence-electron chi connectivity index (χ2n) is 7.68. The van der Waals surface area contributed by atoms with Crippen LogP contribution in [0.25, 0.3) is 0 Å². The summed E-state index contributed by atoms with van der Waals surface area (Å²) in [6.45, 7) is 0.134. The van der Waals surface area contributed by atoms with E-state index < -0.39 is 56.9 Å². The summed E-state index contributed by atoms with van der Waals surface area (Å²) in [7, 11) is -5.00. The fourth-order valence-electron chi connectivity index (χ4n) is 3.37. The lowest BCUT2D eigenvalue weighted by molar-refractivity contribution is -0.223. The second-order valence-corrected chi connectivity index (χ2v) is 9.04. The number of hydrogen-bond acceptors (Lipinski definition) is 14. The molecule has 1 amide bonds. The Morgan fingerprint density at radius 2 is 2.17 bits per heavy atom. The number of nitrogen functional groups attached to an aromatic ring is 1. The average Bonchev–Trinajstić information content (AvgIpc) is 3.09. The Labute approximate surface area is 203 Å². The minimum Gasteiger partial charge on any atom is -0.746 e. The minimum absolute atomic E-state index is 0.0320. The first kappa shape index (κ1) is 27.8. The lowest BCUT2D eigenvalue weighted by atomic mass is 10.1. The van der Waals surface area contributed by atoms with Crippen molar-refractivity contribution in [2.45, 2.75) is 43.7 Å². The van der Waals surface area contributed by atoms with Gasteiger partial charge in [-0.05, 0) is 6.08 Å². The van der Waals surface area contributed by atoms with Crippen LogP contribution in [0.15, 0.2) is 35.0 Å². The molecule has 36 heavy (non-hydrogen) atoms. The zero-order valence-corrected chi connectivity index (χ0v) is 19.8. The predicted octanol–water partition coefficient (Wildman–Crippen LogP) is -2.72. The molecule has 16 nitrogen and oxygen atoms in total. The van der Waals surface area contributed by atoms with Crippen molar-refractivity contribution in [2.24, 2.45) is 0 Å². The standard InChI is InChI=1S/C19H27N4O12P/c1-9(25)21-11-3-2-10(34-18(11)31-5-4-24)7-32-36(29,30)33-8-13-15(26)16(27)17(35-13)12-6-14(20)23-19(28)22-12/h2-3,6-7,11,13,15-18,24,26-27H,4-5,8H2,1H3,(H,21,25)(H,29,30)(H3,20,22,23,28)/p-1/b10-7+/t11-,13-,15-,16-,17+,18-/m1/s1. The molecule has 2 aliphatic heterocycles. The lowest BCUT2D eigenvalue weighted by Crippen LogP contribution is -2.45. The summed E-state index contributed by atoms with van der Waals surface area (Å²) < 4.78 is 37.8. The fraction of sp³-hybridized carbons (Fsp3) is 0.526. The summed E-state index contributed by atoms with van der Waals surface area (Å²) in [4.78, 5) is 40.8. The number of rotatable bonds is 10. The molecule has 0 radical (unpaired) electrons. The molecule has 0 aromatic carbocycles. The van der Waals surface area contributed by atoms with Crippen molar-refractivity contribution < 1.29 is 52.8 Å². The van der Waals surface area contributed by atoms with Gasteiger partial charge in [-0.15, -0.1) is 0 Å².